The molecule has 0 saturated carbocycles. The van der Waals surface area contributed by atoms with Gasteiger partial charge in [0.15, 0.2) is 0 Å². The average Bonchev–Trinajstić information content (AvgIpc) is 2.15. The maximum absolute atomic E-state index is 11.4. The van der Waals surface area contributed by atoms with Crippen molar-refractivity contribution in [1.82, 2.24) is 5.32 Å². The van der Waals surface area contributed by atoms with Crippen molar-refractivity contribution in [1.29, 1.82) is 0 Å². The zero-order chi connectivity index (χ0) is 6.69. The van der Waals surface area contributed by atoms with Crippen molar-refractivity contribution in [3.63, 3.8) is 0 Å². The van der Waals surface area contributed by atoms with Crippen molar-refractivity contribution in [2.45, 2.75) is 25.7 Å². The lowest BCUT2D eigenvalue weighted by molar-refractivity contribution is -0.166. The summed E-state index contributed by atoms with van der Waals surface area (Å²) in [6, 6.07) is 0. The third kappa shape index (κ3) is 2.24. The number of alkyl halides is 2. The Kier molecular flexibility index (Phi) is 2.36. The Hall–Kier alpha value is -0.220. The molecular weight excluding hydrogens is 128 g/mol. The van der Waals surface area contributed by atoms with Crippen molar-refractivity contribution in [3.05, 3.63) is 0 Å². The van der Waals surface area contributed by atoms with E-state index in [2.05, 4.69) is 10.1 Å². The molecule has 1 heterocycles. The van der Waals surface area contributed by atoms with Gasteiger partial charge in [-0.15, -0.1) is 0 Å². The molecule has 1 rings (SSSR count). The number of hydrogen-bond acceptors (Lipinski definition) is 2. The second-order valence-corrected chi connectivity index (χ2v) is 1.98. The summed E-state index contributed by atoms with van der Waals surface area (Å²) in [4.78, 5) is 0. The Labute approximate surface area is 52.2 Å². The second-order valence-electron chi connectivity index (χ2n) is 1.98. The summed E-state index contributed by atoms with van der Waals surface area (Å²) < 4.78 is 27.0. The monoisotopic (exact) mass is 137 g/mol. The van der Waals surface area contributed by atoms with Crippen molar-refractivity contribution in [3.8, 4) is 0 Å². The van der Waals surface area contributed by atoms with Crippen molar-refractivity contribution in [2.24, 2.45) is 0 Å². The smallest absolute Gasteiger partial charge is 0.304 e. The minimum absolute atomic E-state index is 0.412. The van der Waals surface area contributed by atoms with E-state index >= 15 is 0 Å². The third-order valence-corrected chi connectivity index (χ3v) is 1.28. The quantitative estimate of drug-likeness (QED) is 0.611. The van der Waals surface area contributed by atoms with E-state index in [1.807, 2.05) is 0 Å². The minimum Gasteiger partial charge on any atom is -0.304 e. The molecule has 1 atom stereocenters. The molecular formula is C5H9F2NO. The molecule has 9 heavy (non-hydrogen) atoms. The molecule has 0 unspecified atom stereocenters. The molecule has 1 N–H and O–H groups in total. The fraction of sp³-hybridized carbons (Fsp3) is 1.00. The number of halogens is 2. The van der Waals surface area contributed by atoms with E-state index in [-0.39, 0.29) is 0 Å². The lowest BCUT2D eigenvalue weighted by Crippen LogP contribution is -2.26. The van der Waals surface area contributed by atoms with Gasteiger partial charge in [0.2, 0.25) is 0 Å². The number of ether oxygens (including phenoxy) is 1. The minimum atomic E-state index is -2.64. The van der Waals surface area contributed by atoms with Gasteiger partial charge in [0.25, 0.3) is 0 Å². The highest BCUT2D eigenvalue weighted by molar-refractivity contribution is 4.64. The van der Waals surface area contributed by atoms with Gasteiger partial charge < -0.3 is 4.74 Å². The van der Waals surface area contributed by atoms with Gasteiger partial charge in [-0.3, -0.25) is 5.32 Å². The lowest BCUT2D eigenvalue weighted by Gasteiger charge is -2.09. The largest absolute Gasteiger partial charge is 0.346 e. The van der Waals surface area contributed by atoms with Crippen LogP contribution in [0.2, 0.25) is 0 Å². The van der Waals surface area contributed by atoms with E-state index in [0.717, 1.165) is 13.0 Å². The average molecular weight is 137 g/mol. The summed E-state index contributed by atoms with van der Waals surface area (Å²) in [6.07, 6.45) is 1.21. The standard InChI is InChI=1S/C5H9F2NO/c6-5(7)9-4-2-1-3-8-4/h4-5,8H,1-3H2/t4-/m1/s1. The van der Waals surface area contributed by atoms with Crippen LogP contribution in [0.1, 0.15) is 12.8 Å². The highest BCUT2D eigenvalue weighted by Gasteiger charge is 2.17. The summed E-state index contributed by atoms with van der Waals surface area (Å²) in [7, 11) is 0. The first-order valence-electron chi connectivity index (χ1n) is 2.96. The van der Waals surface area contributed by atoms with Crippen LogP contribution in [0.3, 0.4) is 0 Å². The molecule has 1 fully saturated rings. The summed E-state index contributed by atoms with van der Waals surface area (Å²) in [5.41, 5.74) is 0. The molecule has 0 aromatic heterocycles. The Balaban J connectivity index is 2.11. The zero-order valence-electron chi connectivity index (χ0n) is 4.94. The topological polar surface area (TPSA) is 21.3 Å². The summed E-state index contributed by atoms with van der Waals surface area (Å²) in [5, 5.41) is 2.79. The highest BCUT2D eigenvalue weighted by Crippen LogP contribution is 2.09. The summed E-state index contributed by atoms with van der Waals surface area (Å²) in [6.45, 7) is -1.85. The van der Waals surface area contributed by atoms with Crippen LogP contribution >= 0.6 is 0 Å². The summed E-state index contributed by atoms with van der Waals surface area (Å²) in [5.74, 6) is 0. The van der Waals surface area contributed by atoms with Crippen molar-refractivity contribution < 1.29 is 13.5 Å². The van der Waals surface area contributed by atoms with Crippen LogP contribution in [0.25, 0.3) is 0 Å². The molecule has 1 aliphatic rings. The first kappa shape index (κ1) is 6.89. The summed E-state index contributed by atoms with van der Waals surface area (Å²) >= 11 is 0. The van der Waals surface area contributed by atoms with Gasteiger partial charge in [-0.25, -0.2) is 0 Å². The van der Waals surface area contributed by atoms with Crippen LogP contribution < -0.4 is 5.32 Å². The first-order valence-corrected chi connectivity index (χ1v) is 2.96. The molecule has 0 spiro atoms. The van der Waals surface area contributed by atoms with Crippen LogP contribution in [0.4, 0.5) is 8.78 Å². The predicted molar refractivity (Wildman–Crippen MR) is 28.1 cm³/mol. The SMILES string of the molecule is FC(F)O[C@@H]1CCCN1. The van der Waals surface area contributed by atoms with Crippen LogP contribution in [0.5, 0.6) is 0 Å². The molecule has 0 aromatic rings. The maximum atomic E-state index is 11.4. The third-order valence-electron chi connectivity index (χ3n) is 1.28. The van der Waals surface area contributed by atoms with Gasteiger partial charge >= 0.3 is 6.61 Å². The zero-order valence-corrected chi connectivity index (χ0v) is 4.94. The van der Waals surface area contributed by atoms with Gasteiger partial charge in [0.05, 0.1) is 0 Å². The van der Waals surface area contributed by atoms with Gasteiger partial charge in [-0.05, 0) is 19.4 Å². The van der Waals surface area contributed by atoms with Crippen LogP contribution in [-0.2, 0) is 4.74 Å². The van der Waals surface area contributed by atoms with Crippen LogP contribution in [0, 0.1) is 0 Å². The molecule has 0 amide bonds. The molecule has 54 valence electrons. The Bertz CT molecular complexity index is 83.0. The van der Waals surface area contributed by atoms with E-state index in [1.165, 1.54) is 0 Å². The molecule has 0 radical (unpaired) electrons. The van der Waals surface area contributed by atoms with Gasteiger partial charge in [-0.2, -0.15) is 8.78 Å². The van der Waals surface area contributed by atoms with E-state index in [1.54, 1.807) is 0 Å². The van der Waals surface area contributed by atoms with Gasteiger partial charge in [-0.1, -0.05) is 0 Å². The first-order chi connectivity index (χ1) is 4.29. The Morgan fingerprint density at radius 1 is 1.56 bits per heavy atom. The predicted octanol–water partition coefficient (Wildman–Crippen LogP) is 0.935. The molecule has 2 nitrogen and oxygen atoms in total. The lowest BCUT2D eigenvalue weighted by atomic mass is 10.4. The van der Waals surface area contributed by atoms with Gasteiger partial charge in [0, 0.05) is 0 Å². The molecule has 0 bridgehead atoms. The molecule has 1 saturated heterocycles. The number of rotatable bonds is 2. The van der Waals surface area contributed by atoms with E-state index in [4.69, 9.17) is 0 Å². The van der Waals surface area contributed by atoms with Crippen LogP contribution in [0.15, 0.2) is 0 Å². The second kappa shape index (κ2) is 3.08. The fourth-order valence-electron chi connectivity index (χ4n) is 0.893. The van der Waals surface area contributed by atoms with E-state index in [9.17, 15) is 8.78 Å². The van der Waals surface area contributed by atoms with Gasteiger partial charge in [0.1, 0.15) is 6.23 Å². The fourth-order valence-corrected chi connectivity index (χ4v) is 0.893. The molecule has 0 aromatic carbocycles. The maximum Gasteiger partial charge on any atom is 0.346 e. The highest BCUT2D eigenvalue weighted by atomic mass is 19.3. The Morgan fingerprint density at radius 3 is 2.78 bits per heavy atom. The molecule has 1 aliphatic heterocycles. The van der Waals surface area contributed by atoms with Crippen molar-refractivity contribution in [2.75, 3.05) is 6.54 Å². The normalized spacial score (nSPS) is 27.7. The number of nitrogens with one attached hydrogen (secondary N) is 1. The Morgan fingerprint density at radius 2 is 2.33 bits per heavy atom. The van der Waals surface area contributed by atoms with E-state index in [0.29, 0.717) is 6.42 Å². The van der Waals surface area contributed by atoms with Crippen molar-refractivity contribution >= 4 is 0 Å². The van der Waals surface area contributed by atoms with Crippen LogP contribution in [-0.4, -0.2) is 19.4 Å². The number of hydrogen-bond donors (Lipinski definition) is 1. The van der Waals surface area contributed by atoms with E-state index < -0.39 is 12.8 Å². The molecule has 0 aliphatic carbocycles. The molecule has 4 heteroatoms.